The van der Waals surface area contributed by atoms with Crippen LogP contribution in [0.5, 0.6) is 0 Å². The molecule has 0 amide bonds. The predicted molar refractivity (Wildman–Crippen MR) is 87.8 cm³/mol. The third kappa shape index (κ3) is 4.91. The lowest BCUT2D eigenvalue weighted by Crippen LogP contribution is -2.49. The Hall–Kier alpha value is -0.0400. The fourth-order valence-corrected chi connectivity index (χ4v) is 2.65. The second kappa shape index (κ2) is 8.19. The first-order chi connectivity index (χ1) is 8.25. The van der Waals surface area contributed by atoms with Gasteiger partial charge < -0.3 is 10.6 Å². The van der Waals surface area contributed by atoms with E-state index in [0.717, 1.165) is 37.9 Å². The lowest BCUT2D eigenvalue weighted by molar-refractivity contribution is 0.139. The van der Waals surface area contributed by atoms with Gasteiger partial charge in [0, 0.05) is 32.2 Å². The van der Waals surface area contributed by atoms with Gasteiger partial charge in [0.25, 0.3) is 0 Å². The van der Waals surface area contributed by atoms with Crippen molar-refractivity contribution in [2.24, 2.45) is 10.9 Å². The van der Waals surface area contributed by atoms with Gasteiger partial charge in [-0.2, -0.15) is 0 Å². The van der Waals surface area contributed by atoms with Crippen molar-refractivity contribution < 1.29 is 0 Å². The summed E-state index contributed by atoms with van der Waals surface area (Å²) in [5.74, 6) is 1.85. The summed E-state index contributed by atoms with van der Waals surface area (Å²) in [5, 5.41) is 6.74. The molecule has 2 heterocycles. The molecule has 0 aromatic carbocycles. The van der Waals surface area contributed by atoms with E-state index in [0.29, 0.717) is 6.04 Å². The Morgan fingerprint density at radius 1 is 1.50 bits per heavy atom. The lowest BCUT2D eigenvalue weighted by Gasteiger charge is -2.35. The molecule has 2 aliphatic rings. The molecule has 0 saturated carbocycles. The van der Waals surface area contributed by atoms with Gasteiger partial charge in [-0.15, -0.1) is 24.0 Å². The van der Waals surface area contributed by atoms with Gasteiger partial charge in [-0.3, -0.25) is 9.89 Å². The molecule has 0 aliphatic carbocycles. The van der Waals surface area contributed by atoms with E-state index in [1.165, 1.54) is 25.9 Å². The fourth-order valence-electron chi connectivity index (χ4n) is 2.65. The van der Waals surface area contributed by atoms with Gasteiger partial charge in [-0.1, -0.05) is 6.92 Å². The highest BCUT2D eigenvalue weighted by atomic mass is 127. The number of halogens is 1. The highest BCUT2D eigenvalue weighted by molar-refractivity contribution is 14.0. The fraction of sp³-hybridized carbons (Fsp3) is 0.923. The number of hydrogen-bond donors (Lipinski definition) is 2. The zero-order chi connectivity index (χ0) is 12.1. The second-order valence-electron chi connectivity index (χ2n) is 5.48. The van der Waals surface area contributed by atoms with Crippen LogP contribution in [0.2, 0.25) is 0 Å². The summed E-state index contributed by atoms with van der Waals surface area (Å²) in [7, 11) is 0. The van der Waals surface area contributed by atoms with Crippen molar-refractivity contribution in [3.05, 3.63) is 0 Å². The van der Waals surface area contributed by atoms with Crippen molar-refractivity contribution >= 4 is 29.9 Å². The molecule has 2 aliphatic heterocycles. The Bertz CT molecular complexity index is 270. The summed E-state index contributed by atoms with van der Waals surface area (Å²) in [6.45, 7) is 10.2. The molecule has 2 rings (SSSR count). The van der Waals surface area contributed by atoms with Gasteiger partial charge in [-0.05, 0) is 38.6 Å². The van der Waals surface area contributed by atoms with Crippen LogP contribution < -0.4 is 10.6 Å². The number of hydrogen-bond acceptors (Lipinski definition) is 4. The summed E-state index contributed by atoms with van der Waals surface area (Å²) >= 11 is 0. The first-order valence-electron chi connectivity index (χ1n) is 7.02. The third-order valence-electron chi connectivity index (χ3n) is 3.77. The number of likely N-dealkylation sites (tertiary alicyclic amines) is 1. The molecule has 4 nitrogen and oxygen atoms in total. The van der Waals surface area contributed by atoms with Crippen LogP contribution in [0.3, 0.4) is 0 Å². The Labute approximate surface area is 128 Å². The van der Waals surface area contributed by atoms with Crippen LogP contribution in [-0.4, -0.2) is 49.6 Å². The first kappa shape index (κ1) is 16.0. The highest BCUT2D eigenvalue weighted by Crippen LogP contribution is 2.17. The van der Waals surface area contributed by atoms with E-state index in [4.69, 9.17) is 0 Å². The van der Waals surface area contributed by atoms with Crippen LogP contribution in [0.25, 0.3) is 0 Å². The van der Waals surface area contributed by atoms with E-state index >= 15 is 0 Å². The van der Waals surface area contributed by atoms with Gasteiger partial charge in [0.15, 0.2) is 5.96 Å². The van der Waals surface area contributed by atoms with Crippen molar-refractivity contribution in [3.8, 4) is 0 Å². The Morgan fingerprint density at radius 3 is 3.00 bits per heavy atom. The second-order valence-corrected chi connectivity index (χ2v) is 5.48. The van der Waals surface area contributed by atoms with Crippen molar-refractivity contribution in [2.45, 2.75) is 39.2 Å². The average molecular weight is 366 g/mol. The molecule has 18 heavy (non-hydrogen) atoms. The molecule has 2 unspecified atom stereocenters. The van der Waals surface area contributed by atoms with E-state index in [2.05, 4.69) is 34.4 Å². The molecule has 0 aromatic rings. The Kier molecular flexibility index (Phi) is 7.29. The summed E-state index contributed by atoms with van der Waals surface area (Å²) in [5.41, 5.74) is 0. The van der Waals surface area contributed by atoms with Gasteiger partial charge >= 0.3 is 0 Å². The van der Waals surface area contributed by atoms with Crippen LogP contribution in [0.15, 0.2) is 4.99 Å². The zero-order valence-corrected chi connectivity index (χ0v) is 13.9. The molecular weight excluding hydrogens is 339 g/mol. The van der Waals surface area contributed by atoms with Crippen LogP contribution in [0.1, 0.15) is 33.1 Å². The summed E-state index contributed by atoms with van der Waals surface area (Å²) < 4.78 is 0. The van der Waals surface area contributed by atoms with Gasteiger partial charge in [0.2, 0.25) is 0 Å². The molecule has 106 valence electrons. The van der Waals surface area contributed by atoms with E-state index in [1.807, 2.05) is 0 Å². The van der Waals surface area contributed by atoms with Crippen LogP contribution in [0, 0.1) is 5.92 Å². The van der Waals surface area contributed by atoms with Gasteiger partial charge in [-0.25, -0.2) is 0 Å². The van der Waals surface area contributed by atoms with E-state index in [1.54, 1.807) is 0 Å². The van der Waals surface area contributed by atoms with E-state index in [-0.39, 0.29) is 24.0 Å². The molecule has 2 atom stereocenters. The SMILES string of the molecule is CC1CCCN(C(C)CNC2=NCCCN2)C1.I. The van der Waals surface area contributed by atoms with Gasteiger partial charge in [0.05, 0.1) is 0 Å². The number of piperidine rings is 1. The van der Waals surface area contributed by atoms with Crippen molar-refractivity contribution in [1.29, 1.82) is 0 Å². The predicted octanol–water partition coefficient (Wildman–Crippen LogP) is 1.66. The Morgan fingerprint density at radius 2 is 2.33 bits per heavy atom. The van der Waals surface area contributed by atoms with Gasteiger partial charge in [0.1, 0.15) is 0 Å². The number of rotatable bonds is 3. The van der Waals surface area contributed by atoms with Crippen molar-refractivity contribution in [1.82, 2.24) is 15.5 Å². The smallest absolute Gasteiger partial charge is 0.191 e. The monoisotopic (exact) mass is 366 g/mol. The topological polar surface area (TPSA) is 39.7 Å². The van der Waals surface area contributed by atoms with Crippen molar-refractivity contribution in [2.75, 3.05) is 32.7 Å². The minimum atomic E-state index is 0. The maximum Gasteiger partial charge on any atom is 0.191 e. The largest absolute Gasteiger partial charge is 0.356 e. The molecule has 1 fully saturated rings. The maximum absolute atomic E-state index is 4.44. The first-order valence-corrected chi connectivity index (χ1v) is 7.02. The maximum atomic E-state index is 4.44. The minimum absolute atomic E-state index is 0. The van der Waals surface area contributed by atoms with Crippen molar-refractivity contribution in [3.63, 3.8) is 0 Å². The normalized spacial score (nSPS) is 26.6. The molecule has 1 saturated heterocycles. The number of guanidine groups is 1. The molecule has 0 bridgehead atoms. The molecule has 0 aromatic heterocycles. The summed E-state index contributed by atoms with van der Waals surface area (Å²) in [4.78, 5) is 7.04. The Balaban J connectivity index is 0.00000162. The summed E-state index contributed by atoms with van der Waals surface area (Å²) in [6, 6.07) is 0.601. The molecule has 0 spiro atoms. The number of aliphatic imine (C=N–C) groups is 1. The quantitative estimate of drug-likeness (QED) is 0.747. The van der Waals surface area contributed by atoms with Crippen LogP contribution in [-0.2, 0) is 0 Å². The lowest BCUT2D eigenvalue weighted by atomic mass is 9.99. The number of nitrogens with one attached hydrogen (secondary N) is 2. The molecular formula is C13H27IN4. The molecule has 2 N–H and O–H groups in total. The third-order valence-corrected chi connectivity index (χ3v) is 3.77. The minimum Gasteiger partial charge on any atom is -0.356 e. The molecule has 0 radical (unpaired) electrons. The standard InChI is InChI=1S/C13H26N4.HI/c1-11-5-3-8-17(10-11)12(2)9-16-13-14-6-4-7-15-13;/h11-12H,3-10H2,1-2H3,(H2,14,15,16);1H. The van der Waals surface area contributed by atoms with Crippen LogP contribution >= 0.6 is 24.0 Å². The van der Waals surface area contributed by atoms with E-state index < -0.39 is 0 Å². The number of nitrogens with zero attached hydrogens (tertiary/aromatic N) is 2. The van der Waals surface area contributed by atoms with E-state index in [9.17, 15) is 0 Å². The molecule has 5 heteroatoms. The average Bonchev–Trinajstić information content (AvgIpc) is 2.37. The highest BCUT2D eigenvalue weighted by Gasteiger charge is 2.20. The van der Waals surface area contributed by atoms with Crippen LogP contribution in [0.4, 0.5) is 0 Å². The summed E-state index contributed by atoms with van der Waals surface area (Å²) in [6.07, 6.45) is 3.90. The zero-order valence-electron chi connectivity index (χ0n) is 11.6.